The highest BCUT2D eigenvalue weighted by atomic mass is 16.5. The third kappa shape index (κ3) is 0.849. The average molecular weight is 154 g/mol. The van der Waals surface area contributed by atoms with Gasteiger partial charge < -0.3 is 10.1 Å². The van der Waals surface area contributed by atoms with Crippen molar-refractivity contribution in [2.45, 2.75) is 18.6 Å². The van der Waals surface area contributed by atoms with E-state index in [0.717, 1.165) is 19.7 Å². The standard InChI is InChI=1S/C8H14N2O/c1-2-7(1)3-10-8(11-6-7)4-9-5-8/h9-10H,1-6H2. The molecule has 0 bridgehead atoms. The Morgan fingerprint density at radius 2 is 1.91 bits per heavy atom. The van der Waals surface area contributed by atoms with Gasteiger partial charge in [0.2, 0.25) is 0 Å². The van der Waals surface area contributed by atoms with Crippen LogP contribution in [0, 0.1) is 5.41 Å². The van der Waals surface area contributed by atoms with Gasteiger partial charge in [-0.2, -0.15) is 0 Å². The van der Waals surface area contributed by atoms with E-state index >= 15 is 0 Å². The first-order valence-electron chi connectivity index (χ1n) is 4.42. The molecule has 2 heterocycles. The van der Waals surface area contributed by atoms with Gasteiger partial charge in [-0.1, -0.05) is 0 Å². The molecule has 0 aromatic heterocycles. The predicted octanol–water partition coefficient (Wildman–Crippen LogP) is -0.314. The Morgan fingerprint density at radius 3 is 2.27 bits per heavy atom. The zero-order chi connectivity index (χ0) is 7.36. The lowest BCUT2D eigenvalue weighted by Gasteiger charge is -2.47. The molecule has 0 aromatic rings. The minimum absolute atomic E-state index is 0.0356. The van der Waals surface area contributed by atoms with Crippen LogP contribution in [0.1, 0.15) is 12.8 Å². The van der Waals surface area contributed by atoms with E-state index < -0.39 is 0 Å². The Morgan fingerprint density at radius 1 is 1.09 bits per heavy atom. The van der Waals surface area contributed by atoms with E-state index in [2.05, 4.69) is 10.6 Å². The predicted molar refractivity (Wildman–Crippen MR) is 41.2 cm³/mol. The van der Waals surface area contributed by atoms with Crippen LogP contribution >= 0.6 is 0 Å². The van der Waals surface area contributed by atoms with Gasteiger partial charge in [0.1, 0.15) is 5.72 Å². The van der Waals surface area contributed by atoms with Crippen molar-refractivity contribution in [2.75, 3.05) is 26.2 Å². The molecule has 0 radical (unpaired) electrons. The molecule has 0 amide bonds. The molecule has 2 spiro atoms. The quantitative estimate of drug-likeness (QED) is 0.502. The summed E-state index contributed by atoms with van der Waals surface area (Å²) >= 11 is 0. The Bertz CT molecular complexity index is 173. The summed E-state index contributed by atoms with van der Waals surface area (Å²) in [6, 6.07) is 0. The van der Waals surface area contributed by atoms with E-state index in [0.29, 0.717) is 5.41 Å². The van der Waals surface area contributed by atoms with Crippen LogP contribution in [0.15, 0.2) is 0 Å². The smallest absolute Gasteiger partial charge is 0.144 e. The number of nitrogens with one attached hydrogen (secondary N) is 2. The molecule has 1 saturated carbocycles. The SMILES string of the molecule is C1CC12CNC1(CNC1)OC2. The van der Waals surface area contributed by atoms with Crippen molar-refractivity contribution < 1.29 is 4.74 Å². The maximum atomic E-state index is 5.81. The number of rotatable bonds is 0. The van der Waals surface area contributed by atoms with Crippen LogP contribution in [0.2, 0.25) is 0 Å². The molecule has 0 atom stereocenters. The molecule has 2 aliphatic heterocycles. The Balaban J connectivity index is 1.68. The highest BCUT2D eigenvalue weighted by Gasteiger charge is 2.52. The monoisotopic (exact) mass is 154 g/mol. The molecule has 3 heteroatoms. The van der Waals surface area contributed by atoms with Crippen LogP contribution in [-0.2, 0) is 4.74 Å². The van der Waals surface area contributed by atoms with Crippen molar-refractivity contribution in [3.8, 4) is 0 Å². The van der Waals surface area contributed by atoms with Gasteiger partial charge >= 0.3 is 0 Å². The van der Waals surface area contributed by atoms with Gasteiger partial charge in [0.25, 0.3) is 0 Å². The van der Waals surface area contributed by atoms with Crippen LogP contribution in [-0.4, -0.2) is 32.0 Å². The molecule has 0 unspecified atom stereocenters. The van der Waals surface area contributed by atoms with Crippen LogP contribution in [0.4, 0.5) is 0 Å². The van der Waals surface area contributed by atoms with Gasteiger partial charge in [-0.25, -0.2) is 0 Å². The third-order valence-electron chi connectivity index (χ3n) is 3.22. The van der Waals surface area contributed by atoms with Crippen molar-refractivity contribution in [3.63, 3.8) is 0 Å². The lowest BCUT2D eigenvalue weighted by atomic mass is 10.00. The zero-order valence-electron chi connectivity index (χ0n) is 6.65. The molecular weight excluding hydrogens is 140 g/mol. The molecule has 2 N–H and O–H groups in total. The summed E-state index contributed by atoms with van der Waals surface area (Å²) in [7, 11) is 0. The normalized spacial score (nSPS) is 37.1. The van der Waals surface area contributed by atoms with Crippen molar-refractivity contribution in [1.82, 2.24) is 10.6 Å². The van der Waals surface area contributed by atoms with Crippen LogP contribution < -0.4 is 10.6 Å². The molecule has 3 aliphatic rings. The summed E-state index contributed by atoms with van der Waals surface area (Å²) < 4.78 is 5.81. The van der Waals surface area contributed by atoms with Crippen molar-refractivity contribution in [2.24, 2.45) is 5.41 Å². The van der Waals surface area contributed by atoms with Gasteiger partial charge in [-0.05, 0) is 12.8 Å². The number of ether oxygens (including phenoxy) is 1. The Kier molecular flexibility index (Phi) is 1.04. The first-order chi connectivity index (χ1) is 5.33. The molecule has 1 aliphatic carbocycles. The lowest BCUT2D eigenvalue weighted by molar-refractivity contribution is -0.149. The van der Waals surface area contributed by atoms with Gasteiger partial charge in [0.15, 0.2) is 0 Å². The molecular formula is C8H14N2O. The second kappa shape index (κ2) is 1.79. The summed E-state index contributed by atoms with van der Waals surface area (Å²) in [4.78, 5) is 0. The molecule has 0 aromatic carbocycles. The Hall–Kier alpha value is -0.120. The lowest BCUT2D eigenvalue weighted by Crippen LogP contribution is -2.72. The fourth-order valence-corrected chi connectivity index (χ4v) is 1.82. The van der Waals surface area contributed by atoms with Gasteiger partial charge in [-0.3, -0.25) is 5.32 Å². The number of hydrogen-bond acceptors (Lipinski definition) is 3. The second-order valence-corrected chi connectivity index (χ2v) is 4.24. The van der Waals surface area contributed by atoms with Gasteiger partial charge in [0, 0.05) is 25.0 Å². The van der Waals surface area contributed by atoms with E-state index in [9.17, 15) is 0 Å². The van der Waals surface area contributed by atoms with Gasteiger partial charge in [-0.15, -0.1) is 0 Å². The van der Waals surface area contributed by atoms with E-state index in [1.807, 2.05) is 0 Å². The summed E-state index contributed by atoms with van der Waals surface area (Å²) in [5, 5.41) is 6.73. The van der Waals surface area contributed by atoms with E-state index in [1.165, 1.54) is 19.4 Å². The topological polar surface area (TPSA) is 33.3 Å². The molecule has 3 rings (SSSR count). The summed E-state index contributed by atoms with van der Waals surface area (Å²) in [6.07, 6.45) is 2.73. The molecule has 3 fully saturated rings. The highest BCUT2D eigenvalue weighted by molar-refractivity contribution is 5.04. The molecule has 62 valence electrons. The van der Waals surface area contributed by atoms with E-state index in [4.69, 9.17) is 4.74 Å². The van der Waals surface area contributed by atoms with E-state index in [1.54, 1.807) is 0 Å². The summed E-state index contributed by atoms with van der Waals surface area (Å²) in [5.74, 6) is 0. The molecule has 3 nitrogen and oxygen atoms in total. The fourth-order valence-electron chi connectivity index (χ4n) is 1.82. The van der Waals surface area contributed by atoms with Crippen molar-refractivity contribution in [3.05, 3.63) is 0 Å². The fraction of sp³-hybridized carbons (Fsp3) is 1.00. The van der Waals surface area contributed by atoms with Crippen LogP contribution in [0.25, 0.3) is 0 Å². The summed E-state index contributed by atoms with van der Waals surface area (Å²) in [6.45, 7) is 4.14. The number of hydrogen-bond donors (Lipinski definition) is 2. The summed E-state index contributed by atoms with van der Waals surface area (Å²) in [5.41, 5.74) is 0.592. The largest absolute Gasteiger partial charge is 0.357 e. The van der Waals surface area contributed by atoms with E-state index in [-0.39, 0.29) is 5.72 Å². The maximum absolute atomic E-state index is 5.81. The van der Waals surface area contributed by atoms with Crippen molar-refractivity contribution >= 4 is 0 Å². The first kappa shape index (κ1) is 6.40. The zero-order valence-corrected chi connectivity index (χ0v) is 6.65. The second-order valence-electron chi connectivity index (χ2n) is 4.24. The average Bonchev–Trinajstić information content (AvgIpc) is 2.69. The molecule has 2 saturated heterocycles. The molecule has 11 heavy (non-hydrogen) atoms. The van der Waals surface area contributed by atoms with Gasteiger partial charge in [0.05, 0.1) is 6.61 Å². The first-order valence-corrected chi connectivity index (χ1v) is 4.42. The third-order valence-corrected chi connectivity index (χ3v) is 3.22. The van der Waals surface area contributed by atoms with Crippen LogP contribution in [0.5, 0.6) is 0 Å². The highest BCUT2D eigenvalue weighted by Crippen LogP contribution is 2.48. The minimum atomic E-state index is 0.0356. The minimum Gasteiger partial charge on any atom is -0.357 e. The maximum Gasteiger partial charge on any atom is 0.144 e. The van der Waals surface area contributed by atoms with Crippen LogP contribution in [0.3, 0.4) is 0 Å². The Labute approximate surface area is 66.5 Å². The van der Waals surface area contributed by atoms with Crippen molar-refractivity contribution in [1.29, 1.82) is 0 Å².